The van der Waals surface area contributed by atoms with Crippen molar-refractivity contribution in [2.24, 2.45) is 0 Å². The van der Waals surface area contributed by atoms with Crippen LogP contribution in [0.5, 0.6) is 5.75 Å². The van der Waals surface area contributed by atoms with Crippen molar-refractivity contribution in [1.29, 1.82) is 0 Å². The molecule has 0 saturated carbocycles. The number of carboxylic acids is 1. The summed E-state index contributed by atoms with van der Waals surface area (Å²) in [6.45, 7) is 0.284. The quantitative estimate of drug-likeness (QED) is 0.818. The number of nitrogens with zero attached hydrogens (tertiary/aromatic N) is 1. The highest BCUT2D eigenvalue weighted by Gasteiger charge is 1.99. The Bertz CT molecular complexity index is 546. The minimum Gasteiger partial charge on any atom is -0.486 e. The molecule has 5 heteroatoms. The van der Waals surface area contributed by atoms with Crippen LogP contribution >= 0.6 is 0 Å². The normalized spacial score (nSPS) is 10.7. The van der Waals surface area contributed by atoms with Crippen LogP contribution in [0.15, 0.2) is 47.1 Å². The lowest BCUT2D eigenvalue weighted by atomic mass is 10.2. The lowest BCUT2D eigenvalue weighted by Crippen LogP contribution is -1.93. The molecule has 0 amide bonds. The first-order valence-corrected chi connectivity index (χ1v) is 5.27. The van der Waals surface area contributed by atoms with Crippen molar-refractivity contribution in [2.75, 3.05) is 0 Å². The summed E-state index contributed by atoms with van der Waals surface area (Å²) in [5.74, 6) is 0.281. The van der Waals surface area contributed by atoms with Gasteiger partial charge in [0.05, 0.1) is 6.20 Å². The highest BCUT2D eigenvalue weighted by molar-refractivity contribution is 5.85. The zero-order valence-corrected chi connectivity index (χ0v) is 9.45. The summed E-state index contributed by atoms with van der Waals surface area (Å²) in [5.41, 5.74) is 0.757. The first-order valence-electron chi connectivity index (χ1n) is 5.27. The average Bonchev–Trinajstić information content (AvgIpc) is 2.87. The van der Waals surface area contributed by atoms with Crippen LogP contribution in [0.25, 0.3) is 6.08 Å². The van der Waals surface area contributed by atoms with Crippen molar-refractivity contribution in [3.05, 3.63) is 53.9 Å². The molecule has 0 spiro atoms. The maximum absolute atomic E-state index is 10.4. The van der Waals surface area contributed by atoms with Gasteiger partial charge >= 0.3 is 5.97 Å². The predicted molar refractivity (Wildman–Crippen MR) is 63.9 cm³/mol. The van der Waals surface area contributed by atoms with Crippen molar-refractivity contribution < 1.29 is 19.2 Å². The summed E-state index contributed by atoms with van der Waals surface area (Å²) in [4.78, 5) is 10.4. The smallest absolute Gasteiger partial charge is 0.328 e. The topological polar surface area (TPSA) is 72.6 Å². The lowest BCUT2D eigenvalue weighted by molar-refractivity contribution is -0.131. The second kappa shape index (κ2) is 5.67. The summed E-state index contributed by atoms with van der Waals surface area (Å²) in [6, 6.07) is 8.83. The van der Waals surface area contributed by atoms with Crippen LogP contribution in [-0.4, -0.2) is 16.2 Å². The van der Waals surface area contributed by atoms with Crippen molar-refractivity contribution in [1.82, 2.24) is 5.16 Å². The van der Waals surface area contributed by atoms with E-state index in [0.29, 0.717) is 11.5 Å². The van der Waals surface area contributed by atoms with Crippen molar-refractivity contribution in [3.63, 3.8) is 0 Å². The molecule has 0 bridgehead atoms. The van der Waals surface area contributed by atoms with E-state index in [-0.39, 0.29) is 6.61 Å². The summed E-state index contributed by atoms with van der Waals surface area (Å²) in [7, 11) is 0. The van der Waals surface area contributed by atoms with Gasteiger partial charge in [0.2, 0.25) is 0 Å². The molecule has 0 atom stereocenters. The second-order valence-electron chi connectivity index (χ2n) is 3.51. The standard InChI is InChI=1S/C13H11NO4/c15-13(16)5-4-10-2-1-3-11(8-10)17-9-12-6-7-14-18-12/h1-8H,9H2,(H,15,16)/b5-4+. The van der Waals surface area contributed by atoms with E-state index in [2.05, 4.69) is 5.16 Å². The van der Waals surface area contributed by atoms with Crippen molar-refractivity contribution in [3.8, 4) is 5.75 Å². The fraction of sp³-hybridized carbons (Fsp3) is 0.0769. The van der Waals surface area contributed by atoms with E-state index in [4.69, 9.17) is 14.4 Å². The summed E-state index contributed by atoms with van der Waals surface area (Å²) < 4.78 is 10.4. The van der Waals surface area contributed by atoms with Crippen LogP contribution in [-0.2, 0) is 11.4 Å². The third-order valence-electron chi connectivity index (χ3n) is 2.15. The van der Waals surface area contributed by atoms with Gasteiger partial charge in [0.25, 0.3) is 0 Å². The van der Waals surface area contributed by atoms with Gasteiger partial charge in [0.15, 0.2) is 5.76 Å². The molecule has 1 heterocycles. The molecule has 1 aromatic heterocycles. The molecule has 0 aliphatic carbocycles. The highest BCUT2D eigenvalue weighted by atomic mass is 16.5. The molecule has 1 N–H and O–H groups in total. The van der Waals surface area contributed by atoms with E-state index in [1.807, 2.05) is 0 Å². The van der Waals surface area contributed by atoms with Gasteiger partial charge in [0, 0.05) is 12.1 Å². The third-order valence-corrected chi connectivity index (χ3v) is 2.15. The Hall–Kier alpha value is -2.56. The molecule has 18 heavy (non-hydrogen) atoms. The lowest BCUT2D eigenvalue weighted by Gasteiger charge is -2.04. The van der Waals surface area contributed by atoms with Gasteiger partial charge in [-0.25, -0.2) is 4.79 Å². The molecule has 92 valence electrons. The first-order chi connectivity index (χ1) is 8.74. The molecule has 0 saturated heterocycles. The van der Waals surface area contributed by atoms with Crippen LogP contribution in [0, 0.1) is 0 Å². The number of hydrogen-bond donors (Lipinski definition) is 1. The number of carbonyl (C=O) groups is 1. The SMILES string of the molecule is O=C(O)/C=C/c1cccc(OCc2ccno2)c1. The highest BCUT2D eigenvalue weighted by Crippen LogP contribution is 2.16. The van der Waals surface area contributed by atoms with Gasteiger partial charge in [-0.2, -0.15) is 0 Å². The monoisotopic (exact) mass is 245 g/mol. The van der Waals surface area contributed by atoms with Crippen LogP contribution in [0.3, 0.4) is 0 Å². The van der Waals surface area contributed by atoms with E-state index in [9.17, 15) is 4.79 Å². The zero-order chi connectivity index (χ0) is 12.8. The number of rotatable bonds is 5. The van der Waals surface area contributed by atoms with Gasteiger partial charge in [-0.3, -0.25) is 0 Å². The van der Waals surface area contributed by atoms with Gasteiger partial charge in [-0.15, -0.1) is 0 Å². The fourth-order valence-electron chi connectivity index (χ4n) is 1.35. The Morgan fingerprint density at radius 3 is 3.06 bits per heavy atom. The van der Waals surface area contributed by atoms with Gasteiger partial charge in [0.1, 0.15) is 12.4 Å². The molecule has 0 unspecified atom stereocenters. The summed E-state index contributed by atoms with van der Waals surface area (Å²) in [6.07, 6.45) is 4.13. The van der Waals surface area contributed by atoms with Crippen LogP contribution in [0.2, 0.25) is 0 Å². The number of benzene rings is 1. The average molecular weight is 245 g/mol. The van der Waals surface area contributed by atoms with Crippen LogP contribution in [0.4, 0.5) is 0 Å². The number of carboxylic acid groups (broad SMARTS) is 1. The molecule has 0 fully saturated rings. The van der Waals surface area contributed by atoms with E-state index in [0.717, 1.165) is 11.6 Å². The van der Waals surface area contributed by atoms with Crippen molar-refractivity contribution in [2.45, 2.75) is 6.61 Å². The Morgan fingerprint density at radius 2 is 2.33 bits per heavy atom. The zero-order valence-electron chi connectivity index (χ0n) is 9.45. The molecule has 0 radical (unpaired) electrons. The number of aliphatic carboxylic acids is 1. The number of aromatic nitrogens is 1. The summed E-state index contributed by atoms with van der Waals surface area (Å²) in [5, 5.41) is 12.1. The molecule has 1 aromatic carbocycles. The molecular weight excluding hydrogens is 234 g/mol. The van der Waals surface area contributed by atoms with Crippen molar-refractivity contribution >= 4 is 12.0 Å². The number of hydrogen-bond acceptors (Lipinski definition) is 4. The Balaban J connectivity index is 2.01. The molecule has 0 aliphatic heterocycles. The van der Waals surface area contributed by atoms with Crippen LogP contribution < -0.4 is 4.74 Å². The molecule has 2 rings (SSSR count). The predicted octanol–water partition coefficient (Wildman–Crippen LogP) is 2.35. The molecule has 2 aromatic rings. The Labute approximate surface area is 103 Å². The maximum Gasteiger partial charge on any atom is 0.328 e. The minimum atomic E-state index is -0.983. The summed E-state index contributed by atoms with van der Waals surface area (Å²) >= 11 is 0. The van der Waals surface area contributed by atoms with Gasteiger partial charge in [-0.05, 0) is 23.8 Å². The Morgan fingerprint density at radius 1 is 1.44 bits per heavy atom. The van der Waals surface area contributed by atoms with Crippen LogP contribution in [0.1, 0.15) is 11.3 Å². The largest absolute Gasteiger partial charge is 0.486 e. The van der Waals surface area contributed by atoms with E-state index >= 15 is 0 Å². The third kappa shape index (κ3) is 3.48. The maximum atomic E-state index is 10.4. The Kier molecular flexibility index (Phi) is 3.76. The minimum absolute atomic E-state index is 0.284. The van der Waals surface area contributed by atoms with Gasteiger partial charge < -0.3 is 14.4 Å². The number of ether oxygens (including phenoxy) is 1. The second-order valence-corrected chi connectivity index (χ2v) is 3.51. The first kappa shape index (κ1) is 11.9. The van der Waals surface area contributed by atoms with E-state index in [1.54, 1.807) is 36.5 Å². The fourth-order valence-corrected chi connectivity index (χ4v) is 1.35. The molecule has 0 aliphatic rings. The van der Waals surface area contributed by atoms with Gasteiger partial charge in [-0.1, -0.05) is 17.3 Å². The molecule has 5 nitrogen and oxygen atoms in total. The van der Waals surface area contributed by atoms with E-state index < -0.39 is 5.97 Å². The molecular formula is C13H11NO4. The van der Waals surface area contributed by atoms with E-state index in [1.165, 1.54) is 6.08 Å².